The molecule has 1 unspecified atom stereocenters. The molecule has 1 aliphatic heterocycles. The van der Waals surface area contributed by atoms with E-state index in [-0.39, 0.29) is 17.2 Å². The molecule has 0 amide bonds. The summed E-state index contributed by atoms with van der Waals surface area (Å²) in [6.07, 6.45) is -5.57. The zero-order valence-electron chi connectivity index (χ0n) is 12.1. The van der Waals surface area contributed by atoms with Crippen molar-refractivity contribution in [3.05, 3.63) is 35.4 Å². The third-order valence-electron chi connectivity index (χ3n) is 3.17. The average Bonchev–Trinajstić information content (AvgIpc) is 2.44. The van der Waals surface area contributed by atoms with Crippen LogP contribution in [0.1, 0.15) is 11.1 Å². The van der Waals surface area contributed by atoms with Gasteiger partial charge >= 0.3 is 6.18 Å². The van der Waals surface area contributed by atoms with E-state index < -0.39 is 25.5 Å². The van der Waals surface area contributed by atoms with Gasteiger partial charge in [0.2, 0.25) is 7.59 Å². The summed E-state index contributed by atoms with van der Waals surface area (Å²) < 4.78 is 34.2. The lowest BCUT2D eigenvalue weighted by Crippen LogP contribution is -2.51. The fourth-order valence-electron chi connectivity index (χ4n) is 2.03. The van der Waals surface area contributed by atoms with Crippen molar-refractivity contribution in [1.29, 1.82) is 0 Å². The number of alkyl halides is 9. The highest BCUT2D eigenvalue weighted by molar-refractivity contribution is 6.77. The Morgan fingerprint density at radius 1 is 0.960 bits per heavy atom. The lowest BCUT2D eigenvalue weighted by Gasteiger charge is -2.37. The number of rotatable bonds is 1. The number of hydrogen-bond donors (Lipinski definition) is 0. The van der Waals surface area contributed by atoms with Crippen molar-refractivity contribution in [3.8, 4) is 0 Å². The Hall–Kier alpha value is -0.110. The minimum absolute atomic E-state index is 0.0236. The number of aliphatic imine (C=N–C) groups is 2. The van der Waals surface area contributed by atoms with Crippen molar-refractivity contribution in [2.24, 2.45) is 9.98 Å². The molecule has 1 atom stereocenters. The van der Waals surface area contributed by atoms with E-state index in [1.54, 1.807) is 0 Å². The van der Waals surface area contributed by atoms with Gasteiger partial charge in [0.05, 0.1) is 5.56 Å². The van der Waals surface area contributed by atoms with Crippen LogP contribution < -0.4 is 0 Å². The van der Waals surface area contributed by atoms with E-state index in [1.807, 2.05) is 0 Å². The summed E-state index contributed by atoms with van der Waals surface area (Å²) in [6.45, 7) is 0. The second-order valence-electron chi connectivity index (χ2n) is 4.99. The van der Waals surface area contributed by atoms with E-state index in [1.165, 1.54) is 24.1 Å². The van der Waals surface area contributed by atoms with Crippen LogP contribution in [-0.2, 0) is 6.18 Å². The molecule has 2 rings (SSSR count). The van der Waals surface area contributed by atoms with Gasteiger partial charge in [-0.15, -0.1) is 0 Å². The third-order valence-corrected chi connectivity index (χ3v) is 4.27. The molecule has 138 valence electrons. The van der Waals surface area contributed by atoms with Gasteiger partial charge in [0.1, 0.15) is 0 Å². The maximum absolute atomic E-state index is 12.7. The van der Waals surface area contributed by atoms with E-state index in [4.69, 9.17) is 69.6 Å². The molecule has 0 aliphatic carbocycles. The summed E-state index contributed by atoms with van der Waals surface area (Å²) in [4.78, 5) is 9.53. The maximum atomic E-state index is 12.7. The van der Waals surface area contributed by atoms with E-state index in [0.717, 1.165) is 12.1 Å². The van der Waals surface area contributed by atoms with Gasteiger partial charge in [-0.1, -0.05) is 81.7 Å². The lowest BCUT2D eigenvalue weighted by atomic mass is 10.1. The first kappa shape index (κ1) is 21.2. The highest BCUT2D eigenvalue weighted by atomic mass is 35.6. The van der Waals surface area contributed by atoms with Gasteiger partial charge in [0.25, 0.3) is 0 Å². The van der Waals surface area contributed by atoms with E-state index in [0.29, 0.717) is 0 Å². The summed E-state index contributed by atoms with van der Waals surface area (Å²) in [5, 5.41) is 0. The number of nitrogens with zero attached hydrogens (tertiary/aromatic N) is 3. The molecule has 1 aromatic rings. The average molecular weight is 476 g/mol. The first-order valence-corrected chi connectivity index (χ1v) is 8.69. The second-order valence-corrected chi connectivity index (χ2v) is 9.64. The molecule has 1 aromatic carbocycles. The summed E-state index contributed by atoms with van der Waals surface area (Å²) in [7, 11) is 1.46. The van der Waals surface area contributed by atoms with Gasteiger partial charge in [0, 0.05) is 12.6 Å². The van der Waals surface area contributed by atoms with Crippen LogP contribution in [0.2, 0.25) is 0 Å². The Kier molecular flexibility index (Phi) is 6.05. The molecule has 0 bridgehead atoms. The topological polar surface area (TPSA) is 28.0 Å². The monoisotopic (exact) mass is 473 g/mol. The van der Waals surface area contributed by atoms with Gasteiger partial charge in [-0.25, -0.2) is 9.98 Å². The highest BCUT2D eigenvalue weighted by Crippen LogP contribution is 2.40. The predicted molar refractivity (Wildman–Crippen MR) is 97.5 cm³/mol. The third kappa shape index (κ3) is 4.99. The molecule has 0 saturated heterocycles. The maximum Gasteiger partial charge on any atom is 0.416 e. The first-order chi connectivity index (χ1) is 11.2. The van der Waals surface area contributed by atoms with Crippen LogP contribution in [0, 0.1) is 0 Å². The SMILES string of the molecule is CN1C(C(Cl)(Cl)Cl)=NC(c2ccc(C(F)(F)F)cc2)=NC1C(Cl)(Cl)Cl. The summed E-state index contributed by atoms with van der Waals surface area (Å²) in [6, 6.07) is 4.12. The van der Waals surface area contributed by atoms with Crippen molar-refractivity contribution >= 4 is 81.3 Å². The predicted octanol–water partition coefficient (Wildman–Crippen LogP) is 5.86. The van der Waals surface area contributed by atoms with Crippen LogP contribution >= 0.6 is 69.6 Å². The minimum Gasteiger partial charge on any atom is -0.334 e. The molecule has 0 spiro atoms. The van der Waals surface area contributed by atoms with Crippen molar-refractivity contribution in [1.82, 2.24) is 4.90 Å². The van der Waals surface area contributed by atoms with Gasteiger partial charge in [-0.3, -0.25) is 0 Å². The molecule has 12 heteroatoms. The van der Waals surface area contributed by atoms with Crippen molar-refractivity contribution in [2.45, 2.75) is 19.9 Å². The van der Waals surface area contributed by atoms with Crippen LogP contribution in [0.25, 0.3) is 0 Å². The van der Waals surface area contributed by atoms with Gasteiger partial charge in [-0.05, 0) is 12.1 Å². The smallest absolute Gasteiger partial charge is 0.334 e. The van der Waals surface area contributed by atoms with Crippen molar-refractivity contribution in [2.75, 3.05) is 7.05 Å². The van der Waals surface area contributed by atoms with E-state index in [2.05, 4.69) is 9.98 Å². The quantitative estimate of drug-likeness (QED) is 0.467. The fourth-order valence-corrected chi connectivity index (χ4v) is 3.14. The molecule has 0 saturated carbocycles. The number of amidine groups is 2. The molecule has 1 heterocycles. The normalized spacial score (nSPS) is 19.6. The number of benzene rings is 1. The Morgan fingerprint density at radius 2 is 1.48 bits per heavy atom. The van der Waals surface area contributed by atoms with Crippen LogP contribution in [0.15, 0.2) is 34.3 Å². The van der Waals surface area contributed by atoms with Crippen LogP contribution in [0.4, 0.5) is 13.2 Å². The number of hydrogen-bond acceptors (Lipinski definition) is 3. The summed E-state index contributed by atoms with van der Waals surface area (Å²) in [5.74, 6) is -0.108. The zero-order chi connectivity index (χ0) is 19.2. The van der Waals surface area contributed by atoms with Crippen LogP contribution in [-0.4, -0.2) is 37.4 Å². The molecule has 25 heavy (non-hydrogen) atoms. The van der Waals surface area contributed by atoms with Gasteiger partial charge in [-0.2, -0.15) is 13.2 Å². The molecule has 0 aromatic heterocycles. The molecule has 1 aliphatic rings. The van der Waals surface area contributed by atoms with Crippen molar-refractivity contribution in [3.63, 3.8) is 0 Å². The fraction of sp³-hybridized carbons (Fsp3) is 0.385. The Morgan fingerprint density at radius 3 is 1.88 bits per heavy atom. The zero-order valence-corrected chi connectivity index (χ0v) is 16.7. The van der Waals surface area contributed by atoms with Crippen LogP contribution in [0.3, 0.4) is 0 Å². The second kappa shape index (κ2) is 7.13. The molecule has 0 radical (unpaired) electrons. The van der Waals surface area contributed by atoms with Gasteiger partial charge < -0.3 is 4.90 Å². The van der Waals surface area contributed by atoms with Crippen LogP contribution in [0.5, 0.6) is 0 Å². The van der Waals surface area contributed by atoms with E-state index in [9.17, 15) is 13.2 Å². The summed E-state index contributed by atoms with van der Waals surface area (Å²) in [5.41, 5.74) is -0.583. The Labute approximate surface area is 171 Å². The first-order valence-electron chi connectivity index (χ1n) is 6.42. The molecule has 3 nitrogen and oxygen atoms in total. The highest BCUT2D eigenvalue weighted by Gasteiger charge is 2.44. The summed E-state index contributed by atoms with van der Waals surface area (Å²) >= 11 is 35.4. The molecular formula is C13H8Cl6F3N3. The lowest BCUT2D eigenvalue weighted by molar-refractivity contribution is -0.137. The molecule has 0 fully saturated rings. The largest absolute Gasteiger partial charge is 0.416 e. The molecule has 0 N–H and O–H groups in total. The Balaban J connectivity index is 2.52. The Bertz CT molecular complexity index is 704. The van der Waals surface area contributed by atoms with E-state index >= 15 is 0 Å². The standard InChI is InChI=1S/C13H8Cl6F3N3/c1-25-9(11(14,15)16)23-8(24-10(25)12(17,18)19)6-2-4-7(5-3-6)13(20,21)22/h2-5,9H,1H3. The minimum atomic E-state index is -4.47. The van der Waals surface area contributed by atoms with Crippen molar-refractivity contribution < 1.29 is 13.2 Å². The number of halogens is 9. The van der Waals surface area contributed by atoms with Gasteiger partial charge in [0.15, 0.2) is 17.8 Å². The molecular weight excluding hydrogens is 468 g/mol.